The van der Waals surface area contributed by atoms with E-state index in [4.69, 9.17) is 9.47 Å². The van der Waals surface area contributed by atoms with Crippen LogP contribution in [0.25, 0.3) is 0 Å². The minimum absolute atomic E-state index is 0.0152. The summed E-state index contributed by atoms with van der Waals surface area (Å²) in [5, 5.41) is 3.97. The summed E-state index contributed by atoms with van der Waals surface area (Å²) in [5.74, 6) is -3.19. The Hall–Kier alpha value is -2.30. The van der Waals surface area contributed by atoms with E-state index in [1.165, 1.54) is 12.1 Å². The van der Waals surface area contributed by atoms with E-state index in [1.807, 2.05) is 6.92 Å². The first-order valence-electron chi connectivity index (χ1n) is 11.0. The molecular formula is C24H27F2NO5S2. The van der Waals surface area contributed by atoms with Gasteiger partial charge in [-0.1, -0.05) is 31.2 Å². The van der Waals surface area contributed by atoms with Crippen molar-refractivity contribution in [2.75, 3.05) is 19.0 Å². The van der Waals surface area contributed by atoms with Crippen LogP contribution in [0.1, 0.15) is 41.2 Å². The standard InChI is InChI=1S/C24H27F2NO5S2/c1-23(13-31-14-23)15-34(29,30)11-10-18(16-8-9-16)27-22(28)21-19(12-20(33-21)24(2,25)26)32-17-6-4-3-5-7-17/h3-7,10-12,16,18H,8-9,13-15H2,1-2H3,(H,27,28)/b11-10+/t18-/m1/s1. The summed E-state index contributed by atoms with van der Waals surface area (Å²) in [5.41, 5.74) is -0.399. The highest BCUT2D eigenvalue weighted by molar-refractivity contribution is 7.94. The molecule has 4 rings (SSSR count). The van der Waals surface area contributed by atoms with Crippen molar-refractivity contribution in [3.05, 3.63) is 57.6 Å². The summed E-state index contributed by atoms with van der Waals surface area (Å²) >= 11 is 0.667. The van der Waals surface area contributed by atoms with Crippen molar-refractivity contribution in [3.63, 3.8) is 0 Å². The van der Waals surface area contributed by atoms with Gasteiger partial charge in [0.2, 0.25) is 0 Å². The summed E-state index contributed by atoms with van der Waals surface area (Å²) in [4.78, 5) is 12.8. The normalized spacial score (nSPS) is 18.9. The van der Waals surface area contributed by atoms with Gasteiger partial charge in [0.15, 0.2) is 15.6 Å². The van der Waals surface area contributed by atoms with Crippen LogP contribution in [0.15, 0.2) is 47.9 Å². The van der Waals surface area contributed by atoms with E-state index in [0.29, 0.717) is 30.3 Å². The Balaban J connectivity index is 1.53. The van der Waals surface area contributed by atoms with E-state index in [-0.39, 0.29) is 27.2 Å². The molecule has 1 aromatic heterocycles. The molecule has 1 aromatic carbocycles. The fourth-order valence-electron chi connectivity index (χ4n) is 3.71. The topological polar surface area (TPSA) is 81.7 Å². The Morgan fingerprint density at radius 2 is 2.00 bits per heavy atom. The second-order valence-electron chi connectivity index (χ2n) is 9.38. The number of ether oxygens (including phenoxy) is 2. The molecule has 0 bridgehead atoms. The Labute approximate surface area is 201 Å². The van der Waals surface area contributed by atoms with Crippen LogP contribution in [0.5, 0.6) is 11.5 Å². The lowest BCUT2D eigenvalue weighted by molar-refractivity contribution is -0.0869. The third-order valence-electron chi connectivity index (χ3n) is 5.68. The lowest BCUT2D eigenvalue weighted by Gasteiger charge is -2.37. The Morgan fingerprint density at radius 1 is 1.32 bits per heavy atom. The Morgan fingerprint density at radius 3 is 2.56 bits per heavy atom. The van der Waals surface area contributed by atoms with E-state index >= 15 is 0 Å². The molecule has 1 N–H and O–H groups in total. The van der Waals surface area contributed by atoms with Gasteiger partial charge in [0.1, 0.15) is 10.6 Å². The van der Waals surface area contributed by atoms with Gasteiger partial charge in [-0.3, -0.25) is 4.79 Å². The number of sulfone groups is 1. The van der Waals surface area contributed by atoms with Gasteiger partial charge in [0.25, 0.3) is 11.8 Å². The van der Waals surface area contributed by atoms with Gasteiger partial charge in [0, 0.05) is 23.8 Å². The number of rotatable bonds is 10. The maximum atomic E-state index is 14.0. The number of para-hydroxylation sites is 1. The van der Waals surface area contributed by atoms with E-state index in [1.54, 1.807) is 30.3 Å². The van der Waals surface area contributed by atoms with Crippen LogP contribution in [0.4, 0.5) is 8.78 Å². The van der Waals surface area contributed by atoms with Crippen LogP contribution >= 0.6 is 11.3 Å². The van der Waals surface area contributed by atoms with Crippen LogP contribution in [0.2, 0.25) is 0 Å². The van der Waals surface area contributed by atoms with E-state index in [0.717, 1.165) is 25.2 Å². The number of thiophene rings is 1. The molecule has 2 aliphatic rings. The van der Waals surface area contributed by atoms with Crippen molar-refractivity contribution in [1.82, 2.24) is 5.32 Å². The molecule has 1 atom stereocenters. The largest absolute Gasteiger partial charge is 0.456 e. The first-order valence-corrected chi connectivity index (χ1v) is 13.5. The lowest BCUT2D eigenvalue weighted by Crippen LogP contribution is -2.44. The van der Waals surface area contributed by atoms with Crippen LogP contribution in [0, 0.1) is 11.3 Å². The van der Waals surface area contributed by atoms with Crippen molar-refractivity contribution >= 4 is 27.1 Å². The molecular weight excluding hydrogens is 484 g/mol. The molecule has 1 saturated carbocycles. The molecule has 6 nitrogen and oxygen atoms in total. The Kier molecular flexibility index (Phi) is 6.85. The molecule has 34 heavy (non-hydrogen) atoms. The number of carbonyl (C=O) groups excluding carboxylic acids is 1. The number of halogens is 2. The molecule has 1 saturated heterocycles. The van der Waals surface area contributed by atoms with Crippen molar-refractivity contribution in [1.29, 1.82) is 0 Å². The van der Waals surface area contributed by atoms with Crippen LogP contribution in [0.3, 0.4) is 0 Å². The number of benzene rings is 1. The number of hydrogen-bond donors (Lipinski definition) is 1. The van der Waals surface area contributed by atoms with Gasteiger partial charge in [-0.15, -0.1) is 11.3 Å². The smallest absolute Gasteiger partial charge is 0.279 e. The zero-order valence-corrected chi connectivity index (χ0v) is 20.6. The third kappa shape index (κ3) is 6.22. The molecule has 0 radical (unpaired) electrons. The van der Waals surface area contributed by atoms with Crippen molar-refractivity contribution in [2.24, 2.45) is 11.3 Å². The van der Waals surface area contributed by atoms with Gasteiger partial charge in [-0.05, 0) is 30.9 Å². The van der Waals surface area contributed by atoms with Gasteiger partial charge in [-0.25, -0.2) is 17.2 Å². The summed E-state index contributed by atoms with van der Waals surface area (Å²) in [6.07, 6.45) is 3.18. The Bertz CT molecular complexity index is 1160. The zero-order valence-electron chi connectivity index (χ0n) is 18.9. The molecule has 2 fully saturated rings. The average Bonchev–Trinajstić information content (AvgIpc) is 3.49. The number of carbonyl (C=O) groups is 1. The maximum absolute atomic E-state index is 14.0. The molecule has 1 aliphatic carbocycles. The predicted molar refractivity (Wildman–Crippen MR) is 126 cm³/mol. The summed E-state index contributed by atoms with van der Waals surface area (Å²) in [7, 11) is -3.50. The zero-order chi connectivity index (χ0) is 24.6. The van der Waals surface area contributed by atoms with E-state index in [9.17, 15) is 22.0 Å². The highest BCUT2D eigenvalue weighted by Gasteiger charge is 2.38. The van der Waals surface area contributed by atoms with Gasteiger partial charge < -0.3 is 14.8 Å². The maximum Gasteiger partial charge on any atom is 0.279 e. The number of amides is 1. The molecule has 10 heteroatoms. The second-order valence-corrected chi connectivity index (χ2v) is 12.3. The molecule has 1 aliphatic heterocycles. The minimum Gasteiger partial charge on any atom is -0.456 e. The van der Waals surface area contributed by atoms with Crippen molar-refractivity contribution in [3.8, 4) is 11.5 Å². The third-order valence-corrected chi connectivity index (χ3v) is 8.64. The first-order chi connectivity index (χ1) is 15.9. The lowest BCUT2D eigenvalue weighted by atomic mass is 9.92. The summed E-state index contributed by atoms with van der Waals surface area (Å²) < 4.78 is 64.0. The van der Waals surface area contributed by atoms with E-state index < -0.39 is 33.1 Å². The van der Waals surface area contributed by atoms with Gasteiger partial charge >= 0.3 is 0 Å². The molecule has 0 unspecified atom stereocenters. The fraction of sp³-hybridized carbons (Fsp3) is 0.458. The molecule has 0 spiro atoms. The summed E-state index contributed by atoms with van der Waals surface area (Å²) in [6.45, 7) is 3.42. The average molecular weight is 512 g/mol. The van der Waals surface area contributed by atoms with Gasteiger partial charge in [-0.2, -0.15) is 0 Å². The predicted octanol–water partition coefficient (Wildman–Crippen LogP) is 5.13. The van der Waals surface area contributed by atoms with Gasteiger partial charge in [0.05, 0.1) is 29.9 Å². The molecule has 2 heterocycles. The second kappa shape index (κ2) is 9.39. The minimum atomic E-state index is -3.50. The quantitative estimate of drug-likeness (QED) is 0.479. The van der Waals surface area contributed by atoms with E-state index in [2.05, 4.69) is 5.32 Å². The fourth-order valence-corrected chi connectivity index (χ4v) is 6.27. The number of hydrogen-bond acceptors (Lipinski definition) is 6. The van der Waals surface area contributed by atoms with Crippen LogP contribution in [-0.4, -0.2) is 39.3 Å². The van der Waals surface area contributed by atoms with Crippen LogP contribution < -0.4 is 10.1 Å². The number of alkyl halides is 2. The highest BCUT2D eigenvalue weighted by atomic mass is 32.2. The monoisotopic (exact) mass is 511 g/mol. The first kappa shape index (κ1) is 24.8. The summed E-state index contributed by atoms with van der Waals surface area (Å²) in [6, 6.07) is 9.25. The van der Waals surface area contributed by atoms with Crippen LogP contribution in [-0.2, 0) is 20.5 Å². The number of nitrogens with one attached hydrogen (secondary N) is 1. The molecule has 184 valence electrons. The van der Waals surface area contributed by atoms with Crippen molar-refractivity contribution < 1.29 is 31.5 Å². The molecule has 1 amide bonds. The van der Waals surface area contributed by atoms with Crippen molar-refractivity contribution in [2.45, 2.75) is 38.7 Å². The highest BCUT2D eigenvalue weighted by Crippen LogP contribution is 2.41. The molecule has 2 aromatic rings. The SMILES string of the molecule is CC1(CS(=O)(=O)/C=C/[C@@H](NC(=O)c2sc(C(C)(F)F)cc2Oc2ccccc2)C2CC2)COC1.